The molecule has 1 aliphatic rings. The summed E-state index contributed by atoms with van der Waals surface area (Å²) in [6.45, 7) is 0.408. The van der Waals surface area contributed by atoms with Gasteiger partial charge in [-0.05, 0) is 12.0 Å². The average molecular weight is 297 g/mol. The Labute approximate surface area is 127 Å². The average Bonchev–Trinajstić information content (AvgIpc) is 2.55. The predicted octanol–water partition coefficient (Wildman–Crippen LogP) is 2.10. The molecule has 3 rings (SSSR count). The van der Waals surface area contributed by atoms with Crippen molar-refractivity contribution in [2.45, 2.75) is 25.9 Å². The number of piperidine rings is 1. The molecular weight excluding hydrogens is 282 g/mol. The number of carbonyl (C=O) groups is 2. The van der Waals surface area contributed by atoms with Crippen LogP contribution in [0.25, 0.3) is 0 Å². The lowest BCUT2D eigenvalue weighted by molar-refractivity contribution is -0.129. The first kappa shape index (κ1) is 14.2. The second kappa shape index (κ2) is 6.34. The van der Waals surface area contributed by atoms with Gasteiger partial charge in [-0.2, -0.15) is 0 Å². The molecule has 22 heavy (non-hydrogen) atoms. The molecule has 1 aromatic carbocycles. The minimum Gasteiger partial charge on any atom is -0.486 e. The first-order valence-corrected chi connectivity index (χ1v) is 7.08. The summed E-state index contributed by atoms with van der Waals surface area (Å²) < 4.78 is 5.57. The predicted molar refractivity (Wildman–Crippen MR) is 79.2 cm³/mol. The minimum absolute atomic E-state index is 0.113. The fraction of sp³-hybridized carbons (Fsp3) is 0.250. The van der Waals surface area contributed by atoms with Crippen LogP contribution in [0, 0.1) is 0 Å². The molecule has 1 aliphatic heterocycles. The maximum absolute atomic E-state index is 11.8. The van der Waals surface area contributed by atoms with E-state index >= 15 is 0 Å². The summed E-state index contributed by atoms with van der Waals surface area (Å²) in [6.07, 6.45) is 4.23. The van der Waals surface area contributed by atoms with E-state index < -0.39 is 0 Å². The molecule has 0 radical (unpaired) electrons. The lowest BCUT2D eigenvalue weighted by Gasteiger charge is -2.22. The number of rotatable bonds is 4. The van der Waals surface area contributed by atoms with Crippen LogP contribution >= 0.6 is 0 Å². The number of hydrogen-bond acceptors (Lipinski definition) is 5. The molecule has 1 aromatic heterocycles. The van der Waals surface area contributed by atoms with Crippen LogP contribution in [0.4, 0.5) is 5.95 Å². The van der Waals surface area contributed by atoms with Crippen LogP contribution in [0.5, 0.6) is 5.75 Å². The molecule has 0 unspecified atom stereocenters. The Morgan fingerprint density at radius 1 is 1.00 bits per heavy atom. The van der Waals surface area contributed by atoms with Crippen LogP contribution in [-0.2, 0) is 16.2 Å². The van der Waals surface area contributed by atoms with E-state index in [1.807, 2.05) is 30.3 Å². The zero-order valence-corrected chi connectivity index (χ0v) is 11.9. The standard InChI is InChI=1S/C16H15N3O3/c20-14-7-4-8-15(21)19(14)16-17-9-13(10-18-16)22-11-12-5-2-1-3-6-12/h1-3,5-6,9-10H,4,7-8,11H2. The summed E-state index contributed by atoms with van der Waals surface area (Å²) in [7, 11) is 0. The number of aromatic nitrogens is 2. The molecule has 0 spiro atoms. The number of benzene rings is 1. The number of ether oxygens (including phenoxy) is 1. The monoisotopic (exact) mass is 297 g/mol. The van der Waals surface area contributed by atoms with Gasteiger partial charge in [0, 0.05) is 12.8 Å². The van der Waals surface area contributed by atoms with Crippen molar-refractivity contribution in [2.24, 2.45) is 0 Å². The Kier molecular flexibility index (Phi) is 4.09. The van der Waals surface area contributed by atoms with Crippen molar-refractivity contribution in [1.82, 2.24) is 9.97 Å². The molecule has 0 atom stereocenters. The fourth-order valence-electron chi connectivity index (χ4n) is 2.22. The molecule has 6 heteroatoms. The van der Waals surface area contributed by atoms with Crippen LogP contribution < -0.4 is 9.64 Å². The highest BCUT2D eigenvalue weighted by Crippen LogP contribution is 2.19. The number of carbonyl (C=O) groups excluding carboxylic acids is 2. The summed E-state index contributed by atoms with van der Waals surface area (Å²) >= 11 is 0. The Hall–Kier alpha value is -2.76. The summed E-state index contributed by atoms with van der Waals surface area (Å²) in [5, 5.41) is 0. The summed E-state index contributed by atoms with van der Waals surface area (Å²) in [5.74, 6) is 0.0923. The smallest absolute Gasteiger partial charge is 0.239 e. The third-order valence-corrected chi connectivity index (χ3v) is 3.34. The second-order valence-corrected chi connectivity index (χ2v) is 4.97. The van der Waals surface area contributed by atoms with Crippen molar-refractivity contribution in [1.29, 1.82) is 0 Å². The topological polar surface area (TPSA) is 72.4 Å². The van der Waals surface area contributed by atoms with Crippen LogP contribution in [0.1, 0.15) is 24.8 Å². The molecule has 2 aromatic rings. The van der Waals surface area contributed by atoms with Crippen molar-refractivity contribution < 1.29 is 14.3 Å². The van der Waals surface area contributed by atoms with E-state index in [1.54, 1.807) is 0 Å². The maximum Gasteiger partial charge on any atom is 0.239 e. The van der Waals surface area contributed by atoms with E-state index in [2.05, 4.69) is 9.97 Å². The van der Waals surface area contributed by atoms with Crippen LogP contribution in [0.2, 0.25) is 0 Å². The van der Waals surface area contributed by atoms with Crippen molar-refractivity contribution in [3.8, 4) is 5.75 Å². The third-order valence-electron chi connectivity index (χ3n) is 3.34. The summed E-state index contributed by atoms with van der Waals surface area (Å²) in [4.78, 5) is 32.8. The zero-order valence-electron chi connectivity index (χ0n) is 11.9. The van der Waals surface area contributed by atoms with Gasteiger partial charge in [-0.3, -0.25) is 9.59 Å². The maximum atomic E-state index is 11.8. The minimum atomic E-state index is -0.255. The van der Waals surface area contributed by atoms with Crippen molar-refractivity contribution in [3.05, 3.63) is 48.3 Å². The summed E-state index contributed by atoms with van der Waals surface area (Å²) in [6, 6.07) is 9.73. The molecule has 0 aliphatic carbocycles. The SMILES string of the molecule is O=C1CCCC(=O)N1c1ncc(OCc2ccccc2)cn1. The first-order chi connectivity index (χ1) is 10.7. The van der Waals surface area contributed by atoms with E-state index in [1.165, 1.54) is 12.4 Å². The van der Waals surface area contributed by atoms with Gasteiger partial charge in [0.15, 0.2) is 5.75 Å². The van der Waals surface area contributed by atoms with Gasteiger partial charge < -0.3 is 4.74 Å². The molecular formula is C16H15N3O3. The Morgan fingerprint density at radius 3 is 2.27 bits per heavy atom. The molecule has 2 amide bonds. The lowest BCUT2D eigenvalue weighted by Crippen LogP contribution is -2.41. The molecule has 2 heterocycles. The lowest BCUT2D eigenvalue weighted by atomic mass is 10.1. The highest BCUT2D eigenvalue weighted by molar-refractivity contribution is 6.15. The quantitative estimate of drug-likeness (QED) is 0.808. The summed E-state index contributed by atoms with van der Waals surface area (Å²) in [5.41, 5.74) is 1.04. The number of anilines is 1. The normalized spacial score (nSPS) is 15.0. The number of nitrogens with zero attached hydrogens (tertiary/aromatic N) is 3. The molecule has 112 valence electrons. The molecule has 0 saturated carbocycles. The molecule has 0 bridgehead atoms. The van der Waals surface area contributed by atoms with Gasteiger partial charge in [0.05, 0.1) is 12.4 Å². The van der Waals surface area contributed by atoms with Crippen molar-refractivity contribution in [3.63, 3.8) is 0 Å². The molecule has 0 N–H and O–H groups in total. The van der Waals surface area contributed by atoms with Crippen LogP contribution in [0.15, 0.2) is 42.7 Å². The van der Waals surface area contributed by atoms with Gasteiger partial charge >= 0.3 is 0 Å². The van der Waals surface area contributed by atoms with Crippen molar-refractivity contribution in [2.75, 3.05) is 4.90 Å². The van der Waals surface area contributed by atoms with Gasteiger partial charge in [0.25, 0.3) is 0 Å². The van der Waals surface area contributed by atoms with Gasteiger partial charge in [-0.1, -0.05) is 30.3 Å². The first-order valence-electron chi connectivity index (χ1n) is 7.08. The van der Waals surface area contributed by atoms with Crippen LogP contribution in [0.3, 0.4) is 0 Å². The molecule has 6 nitrogen and oxygen atoms in total. The van der Waals surface area contributed by atoms with E-state index in [9.17, 15) is 9.59 Å². The fourth-order valence-corrected chi connectivity index (χ4v) is 2.22. The van der Waals surface area contributed by atoms with E-state index in [0.717, 1.165) is 10.5 Å². The molecule has 1 fully saturated rings. The van der Waals surface area contributed by atoms with Gasteiger partial charge in [-0.15, -0.1) is 0 Å². The van der Waals surface area contributed by atoms with Gasteiger partial charge in [-0.25, -0.2) is 14.9 Å². The number of amides is 2. The Morgan fingerprint density at radius 2 is 1.64 bits per heavy atom. The van der Waals surface area contributed by atoms with Gasteiger partial charge in [0.1, 0.15) is 6.61 Å². The number of imide groups is 1. The molecule has 1 saturated heterocycles. The number of hydrogen-bond donors (Lipinski definition) is 0. The van der Waals surface area contributed by atoms with E-state index in [-0.39, 0.29) is 17.8 Å². The van der Waals surface area contributed by atoms with Gasteiger partial charge in [0.2, 0.25) is 17.8 Å². The van der Waals surface area contributed by atoms with Crippen LogP contribution in [-0.4, -0.2) is 21.8 Å². The third kappa shape index (κ3) is 3.11. The second-order valence-electron chi connectivity index (χ2n) is 4.97. The Bertz CT molecular complexity index is 655. The highest BCUT2D eigenvalue weighted by atomic mass is 16.5. The Balaban J connectivity index is 1.67. The highest BCUT2D eigenvalue weighted by Gasteiger charge is 2.29. The van der Waals surface area contributed by atoms with E-state index in [0.29, 0.717) is 31.6 Å². The zero-order chi connectivity index (χ0) is 15.4. The van der Waals surface area contributed by atoms with E-state index in [4.69, 9.17) is 4.74 Å². The largest absolute Gasteiger partial charge is 0.486 e. The van der Waals surface area contributed by atoms with Crippen molar-refractivity contribution >= 4 is 17.8 Å².